The fourth-order valence-corrected chi connectivity index (χ4v) is 3.38. The number of amides is 2. The van der Waals surface area contributed by atoms with E-state index < -0.39 is 11.7 Å². The van der Waals surface area contributed by atoms with Gasteiger partial charge in [0.1, 0.15) is 11.6 Å². The van der Waals surface area contributed by atoms with Crippen LogP contribution in [0.25, 0.3) is 0 Å². The summed E-state index contributed by atoms with van der Waals surface area (Å²) < 4.78 is 19.6. The largest absolute Gasteiger partial charge is 0.455 e. The summed E-state index contributed by atoms with van der Waals surface area (Å²) in [5, 5.41) is 7.11. The predicted molar refractivity (Wildman–Crippen MR) is 109 cm³/mol. The van der Waals surface area contributed by atoms with Gasteiger partial charge < -0.3 is 9.73 Å². The Hall–Kier alpha value is -2.96. The first-order valence-electron chi connectivity index (χ1n) is 9.90. The van der Waals surface area contributed by atoms with Crippen LogP contribution >= 0.6 is 0 Å². The zero-order valence-corrected chi connectivity index (χ0v) is 17.0. The van der Waals surface area contributed by atoms with Gasteiger partial charge in [-0.15, -0.1) is 0 Å². The molecule has 1 aliphatic carbocycles. The molecule has 2 amide bonds. The molecule has 29 heavy (non-hydrogen) atoms. The van der Waals surface area contributed by atoms with Crippen LogP contribution in [0.2, 0.25) is 0 Å². The number of fused-ring (bicyclic) bond motifs is 1. The van der Waals surface area contributed by atoms with Crippen molar-refractivity contribution >= 4 is 17.5 Å². The van der Waals surface area contributed by atoms with Crippen molar-refractivity contribution < 1.29 is 18.4 Å². The number of nitrogens with zero attached hydrogens (tertiary/aromatic N) is 1. The lowest BCUT2D eigenvalue weighted by molar-refractivity contribution is 0.0919. The molecule has 7 heteroatoms. The first kappa shape index (κ1) is 20.8. The van der Waals surface area contributed by atoms with Gasteiger partial charge in [0.25, 0.3) is 11.8 Å². The summed E-state index contributed by atoms with van der Waals surface area (Å²) in [6.45, 7) is 6.60. The van der Waals surface area contributed by atoms with E-state index >= 15 is 0 Å². The third-order valence-electron chi connectivity index (χ3n) is 4.95. The highest BCUT2D eigenvalue weighted by molar-refractivity contribution is 6.07. The molecule has 0 aliphatic heterocycles. The van der Waals surface area contributed by atoms with Gasteiger partial charge in [0.2, 0.25) is 0 Å². The van der Waals surface area contributed by atoms with Crippen LogP contribution in [0.15, 0.2) is 33.8 Å². The van der Waals surface area contributed by atoms with Gasteiger partial charge in [-0.05, 0) is 44.2 Å². The van der Waals surface area contributed by atoms with Crippen molar-refractivity contribution in [2.24, 2.45) is 11.0 Å². The zero-order valence-electron chi connectivity index (χ0n) is 17.0. The average molecular weight is 399 g/mol. The van der Waals surface area contributed by atoms with Gasteiger partial charge in [-0.3, -0.25) is 9.59 Å². The van der Waals surface area contributed by atoms with E-state index in [1.165, 1.54) is 18.2 Å². The summed E-state index contributed by atoms with van der Waals surface area (Å²) in [6, 6.07) is 5.74. The molecule has 0 radical (unpaired) electrons. The number of hydrogen-bond donors (Lipinski definition) is 2. The summed E-state index contributed by atoms with van der Waals surface area (Å²) in [4.78, 5) is 24.7. The highest BCUT2D eigenvalue weighted by Crippen LogP contribution is 2.29. The number of aryl methyl sites for hydroxylation is 1. The Morgan fingerprint density at radius 3 is 2.69 bits per heavy atom. The molecule has 0 spiro atoms. The number of carbonyl (C=O) groups is 2. The van der Waals surface area contributed by atoms with Crippen LogP contribution in [0.3, 0.4) is 0 Å². The fraction of sp³-hybridized carbons (Fsp3) is 0.409. The van der Waals surface area contributed by atoms with Gasteiger partial charge in [-0.1, -0.05) is 26.0 Å². The minimum atomic E-state index is -0.615. The average Bonchev–Trinajstić information content (AvgIpc) is 3.03. The lowest BCUT2D eigenvalue weighted by Gasteiger charge is -2.13. The second-order valence-corrected chi connectivity index (χ2v) is 7.63. The van der Waals surface area contributed by atoms with E-state index in [-0.39, 0.29) is 17.2 Å². The summed E-state index contributed by atoms with van der Waals surface area (Å²) >= 11 is 0. The molecule has 1 aromatic carbocycles. The van der Waals surface area contributed by atoms with Crippen LogP contribution in [0.1, 0.15) is 70.9 Å². The molecule has 154 valence electrons. The summed E-state index contributed by atoms with van der Waals surface area (Å²) in [5.41, 5.74) is 4.47. The lowest BCUT2D eigenvalue weighted by Crippen LogP contribution is -2.25. The first-order valence-corrected chi connectivity index (χ1v) is 9.90. The molecule has 0 saturated carbocycles. The maximum absolute atomic E-state index is 13.8. The van der Waals surface area contributed by atoms with Crippen molar-refractivity contribution in [2.45, 2.75) is 46.5 Å². The Bertz CT molecular complexity index is 947. The Morgan fingerprint density at radius 1 is 1.21 bits per heavy atom. The lowest BCUT2D eigenvalue weighted by atomic mass is 9.93. The van der Waals surface area contributed by atoms with E-state index in [1.807, 2.05) is 6.92 Å². The smallest absolute Gasteiger partial charge is 0.287 e. The Morgan fingerprint density at radius 2 is 1.97 bits per heavy atom. The SMILES string of the molecule is Cc1c(C(=O)NCCC(C)C)oc2c1/C(=N/NC(=O)c1ccccc1F)CCC2. The molecule has 0 bridgehead atoms. The highest BCUT2D eigenvalue weighted by atomic mass is 19.1. The van der Waals surface area contributed by atoms with Gasteiger partial charge in [0.15, 0.2) is 5.76 Å². The van der Waals surface area contributed by atoms with Crippen LogP contribution in [-0.4, -0.2) is 24.1 Å². The molecule has 1 aliphatic rings. The standard InChI is InChI=1S/C22H26FN3O3/c1-13(2)11-12-24-22(28)20-14(3)19-17(9-6-10-18(19)29-20)25-26-21(27)15-7-4-5-8-16(15)23/h4-5,7-8,13H,6,9-12H2,1-3H3,(H,24,28)(H,26,27)/b25-17+. The molecule has 2 N–H and O–H groups in total. The van der Waals surface area contributed by atoms with Crippen molar-refractivity contribution in [3.05, 3.63) is 58.3 Å². The van der Waals surface area contributed by atoms with E-state index in [1.54, 1.807) is 6.07 Å². The molecule has 0 saturated heterocycles. The second kappa shape index (κ2) is 9.03. The number of hydrogen-bond acceptors (Lipinski definition) is 4. The fourth-order valence-electron chi connectivity index (χ4n) is 3.38. The number of carbonyl (C=O) groups excluding carboxylic acids is 2. The van der Waals surface area contributed by atoms with Crippen LogP contribution < -0.4 is 10.7 Å². The maximum Gasteiger partial charge on any atom is 0.287 e. The van der Waals surface area contributed by atoms with Gasteiger partial charge in [0.05, 0.1) is 11.3 Å². The number of hydrazone groups is 1. The molecule has 3 rings (SSSR count). The molecule has 2 aromatic rings. The van der Waals surface area contributed by atoms with Crippen molar-refractivity contribution in [1.82, 2.24) is 10.7 Å². The third-order valence-corrected chi connectivity index (χ3v) is 4.95. The first-order chi connectivity index (χ1) is 13.9. The van der Waals surface area contributed by atoms with E-state index in [4.69, 9.17) is 4.42 Å². The van der Waals surface area contributed by atoms with Crippen LogP contribution in [0, 0.1) is 18.7 Å². The van der Waals surface area contributed by atoms with Gasteiger partial charge in [0, 0.05) is 24.1 Å². The number of furan rings is 1. The quantitative estimate of drug-likeness (QED) is 0.721. The number of rotatable bonds is 6. The van der Waals surface area contributed by atoms with Crippen molar-refractivity contribution in [1.29, 1.82) is 0 Å². The van der Waals surface area contributed by atoms with Crippen LogP contribution in [0.5, 0.6) is 0 Å². The Labute approximate surface area is 169 Å². The van der Waals surface area contributed by atoms with E-state index in [0.717, 1.165) is 18.4 Å². The van der Waals surface area contributed by atoms with Gasteiger partial charge in [-0.25, -0.2) is 9.82 Å². The van der Waals surface area contributed by atoms with Crippen LogP contribution in [-0.2, 0) is 6.42 Å². The van der Waals surface area contributed by atoms with Crippen molar-refractivity contribution in [3.8, 4) is 0 Å². The van der Waals surface area contributed by atoms with E-state index in [0.29, 0.717) is 42.3 Å². The Balaban J connectivity index is 1.78. The highest BCUT2D eigenvalue weighted by Gasteiger charge is 2.28. The Kier molecular flexibility index (Phi) is 6.46. The van der Waals surface area contributed by atoms with Crippen LogP contribution in [0.4, 0.5) is 4.39 Å². The maximum atomic E-state index is 13.8. The number of benzene rings is 1. The molecule has 1 heterocycles. The molecule has 6 nitrogen and oxygen atoms in total. The molecule has 0 atom stereocenters. The number of halogens is 1. The zero-order chi connectivity index (χ0) is 21.0. The molecule has 0 fully saturated rings. The topological polar surface area (TPSA) is 83.7 Å². The molecular formula is C22H26FN3O3. The molecule has 0 unspecified atom stereocenters. The summed E-state index contributed by atoms with van der Waals surface area (Å²) in [5.74, 6) is 0.0191. The minimum absolute atomic E-state index is 0.0676. The third kappa shape index (κ3) is 4.72. The normalized spacial score (nSPS) is 14.7. The predicted octanol–water partition coefficient (Wildman–Crippen LogP) is 3.97. The van der Waals surface area contributed by atoms with Crippen molar-refractivity contribution in [2.75, 3.05) is 6.54 Å². The van der Waals surface area contributed by atoms with Crippen molar-refractivity contribution in [3.63, 3.8) is 0 Å². The van der Waals surface area contributed by atoms with E-state index in [2.05, 4.69) is 29.7 Å². The minimum Gasteiger partial charge on any atom is -0.455 e. The monoisotopic (exact) mass is 399 g/mol. The summed E-state index contributed by atoms with van der Waals surface area (Å²) in [6.07, 6.45) is 3.03. The van der Waals surface area contributed by atoms with E-state index in [9.17, 15) is 14.0 Å². The molecule has 1 aromatic heterocycles. The van der Waals surface area contributed by atoms with Gasteiger partial charge in [-0.2, -0.15) is 5.10 Å². The second-order valence-electron chi connectivity index (χ2n) is 7.63. The molecular weight excluding hydrogens is 373 g/mol. The van der Waals surface area contributed by atoms with Gasteiger partial charge >= 0.3 is 0 Å². The number of nitrogens with one attached hydrogen (secondary N) is 2. The summed E-state index contributed by atoms with van der Waals surface area (Å²) in [7, 11) is 0.